The van der Waals surface area contributed by atoms with E-state index in [1.807, 2.05) is 0 Å². The standard InChI is InChI=1S/C10H8FN3O/c11-10-13-6-5-9(14-10)15-8-3-1-7(12)2-4-8/h1-6H,12H2. The van der Waals surface area contributed by atoms with Gasteiger partial charge in [-0.05, 0) is 24.3 Å². The third-order valence-corrected chi connectivity index (χ3v) is 1.70. The van der Waals surface area contributed by atoms with E-state index < -0.39 is 6.08 Å². The summed E-state index contributed by atoms with van der Waals surface area (Å²) in [6.45, 7) is 0. The van der Waals surface area contributed by atoms with E-state index in [1.165, 1.54) is 12.3 Å². The summed E-state index contributed by atoms with van der Waals surface area (Å²) in [4.78, 5) is 6.78. The van der Waals surface area contributed by atoms with Crippen molar-refractivity contribution in [3.05, 3.63) is 42.6 Å². The fourth-order valence-electron chi connectivity index (χ4n) is 1.03. The number of hydrogen-bond donors (Lipinski definition) is 1. The van der Waals surface area contributed by atoms with Crippen LogP contribution in [0.3, 0.4) is 0 Å². The van der Waals surface area contributed by atoms with E-state index in [9.17, 15) is 4.39 Å². The molecule has 0 atom stereocenters. The molecule has 0 saturated heterocycles. The van der Waals surface area contributed by atoms with E-state index in [4.69, 9.17) is 10.5 Å². The van der Waals surface area contributed by atoms with Crippen molar-refractivity contribution in [2.24, 2.45) is 0 Å². The van der Waals surface area contributed by atoms with Crippen LogP contribution in [0.15, 0.2) is 36.5 Å². The minimum Gasteiger partial charge on any atom is -0.439 e. The van der Waals surface area contributed by atoms with Crippen molar-refractivity contribution in [3.8, 4) is 11.6 Å². The van der Waals surface area contributed by atoms with E-state index >= 15 is 0 Å². The maximum Gasteiger partial charge on any atom is 0.311 e. The fraction of sp³-hybridized carbons (Fsp3) is 0. The van der Waals surface area contributed by atoms with E-state index in [0.717, 1.165) is 0 Å². The maximum absolute atomic E-state index is 12.6. The second-order valence-electron chi connectivity index (χ2n) is 2.84. The lowest BCUT2D eigenvalue weighted by molar-refractivity contribution is 0.435. The van der Waals surface area contributed by atoms with Gasteiger partial charge in [0.05, 0.1) is 0 Å². The first-order valence-electron chi connectivity index (χ1n) is 4.26. The Kier molecular flexibility index (Phi) is 2.45. The normalized spacial score (nSPS) is 9.93. The minimum atomic E-state index is -0.817. The molecule has 1 aromatic carbocycles. The summed E-state index contributed by atoms with van der Waals surface area (Å²) in [6, 6.07) is 8.20. The highest BCUT2D eigenvalue weighted by atomic mass is 19.1. The molecule has 4 nitrogen and oxygen atoms in total. The largest absolute Gasteiger partial charge is 0.439 e. The molecule has 0 amide bonds. The van der Waals surface area contributed by atoms with Crippen molar-refractivity contribution < 1.29 is 9.13 Å². The van der Waals surface area contributed by atoms with Crippen LogP contribution in [0, 0.1) is 6.08 Å². The van der Waals surface area contributed by atoms with Gasteiger partial charge in [-0.2, -0.15) is 9.37 Å². The molecule has 76 valence electrons. The number of hydrogen-bond acceptors (Lipinski definition) is 4. The lowest BCUT2D eigenvalue weighted by Crippen LogP contribution is -1.92. The first kappa shape index (κ1) is 9.39. The van der Waals surface area contributed by atoms with E-state index in [0.29, 0.717) is 11.4 Å². The molecule has 2 rings (SSSR count). The zero-order valence-corrected chi connectivity index (χ0v) is 7.72. The number of ether oxygens (including phenoxy) is 1. The molecule has 0 aliphatic rings. The molecule has 1 heterocycles. The van der Waals surface area contributed by atoms with Gasteiger partial charge in [0, 0.05) is 18.0 Å². The molecule has 0 bridgehead atoms. The SMILES string of the molecule is Nc1ccc(Oc2ccnc(F)n2)cc1. The van der Waals surface area contributed by atoms with Crippen LogP contribution in [0.4, 0.5) is 10.1 Å². The highest BCUT2D eigenvalue weighted by Crippen LogP contribution is 2.19. The summed E-state index contributed by atoms with van der Waals surface area (Å²) < 4.78 is 17.9. The number of rotatable bonds is 2. The molecular formula is C10H8FN3O. The number of benzene rings is 1. The lowest BCUT2D eigenvalue weighted by Gasteiger charge is -2.03. The van der Waals surface area contributed by atoms with Gasteiger partial charge in [0.2, 0.25) is 5.88 Å². The molecule has 0 radical (unpaired) electrons. The van der Waals surface area contributed by atoms with Gasteiger partial charge in [-0.25, -0.2) is 4.98 Å². The smallest absolute Gasteiger partial charge is 0.311 e. The summed E-state index contributed by atoms with van der Waals surface area (Å²) in [5.41, 5.74) is 6.14. The zero-order chi connectivity index (χ0) is 10.7. The first-order valence-corrected chi connectivity index (χ1v) is 4.26. The Balaban J connectivity index is 2.18. The molecule has 0 unspecified atom stereocenters. The van der Waals surface area contributed by atoms with Gasteiger partial charge in [0.1, 0.15) is 5.75 Å². The molecule has 2 N–H and O–H groups in total. The molecule has 15 heavy (non-hydrogen) atoms. The molecular weight excluding hydrogens is 197 g/mol. The first-order chi connectivity index (χ1) is 7.24. The molecule has 1 aromatic heterocycles. The summed E-state index contributed by atoms with van der Waals surface area (Å²) in [5.74, 6) is 0.703. The Morgan fingerprint density at radius 1 is 1.13 bits per heavy atom. The quantitative estimate of drug-likeness (QED) is 0.601. The molecule has 0 spiro atoms. The Labute approximate surface area is 85.5 Å². The number of anilines is 1. The predicted octanol–water partition coefficient (Wildman–Crippen LogP) is 1.99. The summed E-state index contributed by atoms with van der Waals surface area (Å²) in [5, 5.41) is 0. The molecule has 0 aliphatic heterocycles. The van der Waals surface area contributed by atoms with Gasteiger partial charge < -0.3 is 10.5 Å². The Morgan fingerprint density at radius 3 is 2.53 bits per heavy atom. The number of nitrogen functional groups attached to an aromatic ring is 1. The van der Waals surface area contributed by atoms with E-state index in [-0.39, 0.29) is 5.88 Å². The number of aromatic nitrogens is 2. The van der Waals surface area contributed by atoms with E-state index in [1.54, 1.807) is 24.3 Å². The van der Waals surface area contributed by atoms with Crippen LogP contribution in [0.25, 0.3) is 0 Å². The zero-order valence-electron chi connectivity index (χ0n) is 7.72. The van der Waals surface area contributed by atoms with Crippen LogP contribution in [0.5, 0.6) is 11.6 Å². The highest BCUT2D eigenvalue weighted by Gasteiger charge is 2.00. The highest BCUT2D eigenvalue weighted by molar-refractivity contribution is 5.42. The van der Waals surface area contributed by atoms with Gasteiger partial charge >= 0.3 is 6.08 Å². The van der Waals surface area contributed by atoms with Gasteiger partial charge in [0.15, 0.2) is 0 Å². The van der Waals surface area contributed by atoms with E-state index in [2.05, 4.69) is 9.97 Å². The van der Waals surface area contributed by atoms with Gasteiger partial charge in [-0.15, -0.1) is 0 Å². The predicted molar refractivity (Wildman–Crippen MR) is 52.9 cm³/mol. The van der Waals surface area contributed by atoms with Crippen molar-refractivity contribution in [1.82, 2.24) is 9.97 Å². The third kappa shape index (κ3) is 2.40. The molecule has 0 fully saturated rings. The Hall–Kier alpha value is -2.17. The second kappa shape index (κ2) is 3.91. The topological polar surface area (TPSA) is 61.0 Å². The maximum atomic E-state index is 12.6. The van der Waals surface area contributed by atoms with Crippen molar-refractivity contribution in [2.45, 2.75) is 0 Å². The van der Waals surface area contributed by atoms with Gasteiger partial charge in [0.25, 0.3) is 0 Å². The van der Waals surface area contributed by atoms with Crippen LogP contribution in [0.1, 0.15) is 0 Å². The van der Waals surface area contributed by atoms with Crippen LogP contribution >= 0.6 is 0 Å². The monoisotopic (exact) mass is 205 g/mol. The summed E-state index contributed by atoms with van der Waals surface area (Å²) in [6.07, 6.45) is 0.470. The molecule has 0 saturated carbocycles. The number of nitrogens with two attached hydrogens (primary N) is 1. The summed E-state index contributed by atoms with van der Waals surface area (Å²) >= 11 is 0. The van der Waals surface area contributed by atoms with Crippen molar-refractivity contribution in [2.75, 3.05) is 5.73 Å². The number of halogens is 1. The molecule has 0 aliphatic carbocycles. The van der Waals surface area contributed by atoms with Crippen molar-refractivity contribution in [3.63, 3.8) is 0 Å². The van der Waals surface area contributed by atoms with Crippen molar-refractivity contribution >= 4 is 5.69 Å². The molecule has 5 heteroatoms. The third-order valence-electron chi connectivity index (χ3n) is 1.70. The van der Waals surface area contributed by atoms with Gasteiger partial charge in [-0.1, -0.05) is 0 Å². The van der Waals surface area contributed by atoms with Crippen molar-refractivity contribution in [1.29, 1.82) is 0 Å². The lowest BCUT2D eigenvalue weighted by atomic mass is 10.3. The summed E-state index contributed by atoms with van der Waals surface area (Å²) in [7, 11) is 0. The molecule has 2 aromatic rings. The van der Waals surface area contributed by atoms with Crippen LogP contribution < -0.4 is 10.5 Å². The minimum absolute atomic E-state index is 0.160. The van der Waals surface area contributed by atoms with Crippen LogP contribution in [-0.2, 0) is 0 Å². The average Bonchev–Trinajstić information content (AvgIpc) is 2.22. The Bertz CT molecular complexity index is 458. The average molecular weight is 205 g/mol. The Morgan fingerprint density at radius 2 is 1.87 bits per heavy atom. The second-order valence-corrected chi connectivity index (χ2v) is 2.84. The number of nitrogens with zero attached hydrogens (tertiary/aromatic N) is 2. The van der Waals surface area contributed by atoms with Crippen LogP contribution in [0.2, 0.25) is 0 Å². The van der Waals surface area contributed by atoms with Crippen LogP contribution in [-0.4, -0.2) is 9.97 Å². The van der Waals surface area contributed by atoms with Gasteiger partial charge in [-0.3, -0.25) is 0 Å². The fourth-order valence-corrected chi connectivity index (χ4v) is 1.03.